The summed E-state index contributed by atoms with van der Waals surface area (Å²) in [7, 11) is 0. The van der Waals surface area contributed by atoms with Gasteiger partial charge in [0.1, 0.15) is 5.56 Å². The SMILES string of the molecule is Cc1ccnc(OCC(F)(F)F)c1C(=O)O. The highest BCUT2D eigenvalue weighted by Gasteiger charge is 2.29. The number of hydrogen-bond donors (Lipinski definition) is 1. The van der Waals surface area contributed by atoms with Crippen molar-refractivity contribution in [2.24, 2.45) is 0 Å². The Morgan fingerprint density at radius 3 is 2.69 bits per heavy atom. The fourth-order valence-electron chi connectivity index (χ4n) is 1.05. The van der Waals surface area contributed by atoms with E-state index in [1.807, 2.05) is 0 Å². The molecule has 7 heteroatoms. The summed E-state index contributed by atoms with van der Waals surface area (Å²) < 4.78 is 40.0. The summed E-state index contributed by atoms with van der Waals surface area (Å²) in [4.78, 5) is 14.2. The molecule has 0 spiro atoms. The number of nitrogens with zero attached hydrogens (tertiary/aromatic N) is 1. The van der Waals surface area contributed by atoms with Crippen LogP contribution < -0.4 is 4.74 Å². The summed E-state index contributed by atoms with van der Waals surface area (Å²) >= 11 is 0. The Bertz CT molecular complexity index is 403. The molecule has 1 aromatic rings. The molecule has 1 heterocycles. The van der Waals surface area contributed by atoms with Crippen molar-refractivity contribution in [3.8, 4) is 5.88 Å². The molecule has 0 aliphatic rings. The minimum absolute atomic E-state index is 0.291. The Hall–Kier alpha value is -1.79. The van der Waals surface area contributed by atoms with E-state index in [1.54, 1.807) is 0 Å². The zero-order valence-corrected chi connectivity index (χ0v) is 8.21. The predicted octanol–water partition coefficient (Wildman–Crippen LogP) is 2.03. The lowest BCUT2D eigenvalue weighted by atomic mass is 10.1. The first-order valence-corrected chi connectivity index (χ1v) is 4.19. The summed E-state index contributed by atoms with van der Waals surface area (Å²) in [6.07, 6.45) is -3.34. The van der Waals surface area contributed by atoms with Crippen molar-refractivity contribution < 1.29 is 27.8 Å². The van der Waals surface area contributed by atoms with Gasteiger partial charge in [-0.25, -0.2) is 9.78 Å². The number of aryl methyl sites for hydroxylation is 1. The van der Waals surface area contributed by atoms with Crippen LogP contribution in [0.4, 0.5) is 13.2 Å². The standard InChI is InChI=1S/C9H8F3NO3/c1-5-2-3-13-7(6(5)8(14)15)16-4-9(10,11)12/h2-3H,4H2,1H3,(H,14,15). The first kappa shape index (κ1) is 12.3. The van der Waals surface area contributed by atoms with Crippen molar-refractivity contribution in [2.75, 3.05) is 6.61 Å². The summed E-state index contributed by atoms with van der Waals surface area (Å²) in [5.74, 6) is -1.90. The molecule has 0 aromatic carbocycles. The largest absolute Gasteiger partial charge is 0.477 e. The van der Waals surface area contributed by atoms with Gasteiger partial charge in [0.25, 0.3) is 0 Å². The fraction of sp³-hybridized carbons (Fsp3) is 0.333. The molecule has 0 amide bonds. The average molecular weight is 235 g/mol. The van der Waals surface area contributed by atoms with Crippen LogP contribution in [0.5, 0.6) is 5.88 Å². The number of aromatic nitrogens is 1. The second-order valence-corrected chi connectivity index (χ2v) is 3.02. The average Bonchev–Trinajstić information content (AvgIpc) is 2.12. The van der Waals surface area contributed by atoms with Gasteiger partial charge in [0.15, 0.2) is 6.61 Å². The number of carbonyl (C=O) groups is 1. The van der Waals surface area contributed by atoms with E-state index in [4.69, 9.17) is 5.11 Å². The zero-order valence-electron chi connectivity index (χ0n) is 8.21. The van der Waals surface area contributed by atoms with Crippen LogP contribution in [0.2, 0.25) is 0 Å². The minimum atomic E-state index is -4.53. The zero-order chi connectivity index (χ0) is 12.3. The molecule has 0 saturated carbocycles. The first-order valence-electron chi connectivity index (χ1n) is 4.19. The third-order valence-electron chi connectivity index (χ3n) is 1.71. The molecule has 0 aliphatic carbocycles. The van der Waals surface area contributed by atoms with Gasteiger partial charge in [0.2, 0.25) is 5.88 Å². The molecule has 1 N–H and O–H groups in total. The molecule has 1 rings (SSSR count). The van der Waals surface area contributed by atoms with Crippen LogP contribution in [0.3, 0.4) is 0 Å². The molecule has 0 radical (unpaired) electrons. The summed E-state index contributed by atoms with van der Waals surface area (Å²) in [6, 6.07) is 1.38. The maximum absolute atomic E-state index is 11.9. The third-order valence-corrected chi connectivity index (χ3v) is 1.71. The van der Waals surface area contributed by atoms with E-state index in [9.17, 15) is 18.0 Å². The second kappa shape index (κ2) is 4.38. The van der Waals surface area contributed by atoms with Gasteiger partial charge in [0, 0.05) is 6.20 Å². The summed E-state index contributed by atoms with van der Waals surface area (Å²) in [5.41, 5.74) is -0.0635. The van der Waals surface area contributed by atoms with Gasteiger partial charge in [0.05, 0.1) is 0 Å². The van der Waals surface area contributed by atoms with Crippen molar-refractivity contribution in [1.82, 2.24) is 4.98 Å². The van der Waals surface area contributed by atoms with Crippen LogP contribution in [-0.4, -0.2) is 28.8 Å². The van der Waals surface area contributed by atoms with E-state index in [2.05, 4.69) is 9.72 Å². The monoisotopic (exact) mass is 235 g/mol. The number of pyridine rings is 1. The number of ether oxygens (including phenoxy) is 1. The number of aromatic carboxylic acids is 1. The quantitative estimate of drug-likeness (QED) is 0.870. The van der Waals surface area contributed by atoms with Crippen LogP contribution in [0.1, 0.15) is 15.9 Å². The lowest BCUT2D eigenvalue weighted by molar-refractivity contribution is -0.154. The smallest absolute Gasteiger partial charge is 0.422 e. The van der Waals surface area contributed by atoms with Crippen molar-refractivity contribution in [2.45, 2.75) is 13.1 Å². The van der Waals surface area contributed by atoms with Crippen LogP contribution in [0.15, 0.2) is 12.3 Å². The number of rotatable bonds is 3. The molecule has 1 aromatic heterocycles. The molecular formula is C9H8F3NO3. The predicted molar refractivity (Wildman–Crippen MR) is 47.5 cm³/mol. The van der Waals surface area contributed by atoms with Crippen molar-refractivity contribution >= 4 is 5.97 Å². The number of hydrogen-bond acceptors (Lipinski definition) is 3. The molecule has 0 fully saturated rings. The number of alkyl halides is 3. The Labute approximate surface area is 88.7 Å². The Kier molecular flexibility index (Phi) is 3.36. The molecule has 0 aliphatic heterocycles. The third kappa shape index (κ3) is 3.11. The highest BCUT2D eigenvalue weighted by Crippen LogP contribution is 2.22. The Morgan fingerprint density at radius 2 is 2.19 bits per heavy atom. The molecule has 0 bridgehead atoms. The van der Waals surface area contributed by atoms with Crippen molar-refractivity contribution in [3.63, 3.8) is 0 Å². The Morgan fingerprint density at radius 1 is 1.56 bits per heavy atom. The van der Waals surface area contributed by atoms with Gasteiger partial charge in [-0.15, -0.1) is 0 Å². The van der Waals surface area contributed by atoms with Crippen LogP contribution in [0, 0.1) is 6.92 Å². The first-order chi connectivity index (χ1) is 7.31. The van der Waals surface area contributed by atoms with E-state index in [0.717, 1.165) is 0 Å². The van der Waals surface area contributed by atoms with Gasteiger partial charge in [-0.1, -0.05) is 0 Å². The topological polar surface area (TPSA) is 59.4 Å². The number of carboxylic acids is 1. The molecule has 0 saturated heterocycles. The van der Waals surface area contributed by atoms with Crippen molar-refractivity contribution in [1.29, 1.82) is 0 Å². The minimum Gasteiger partial charge on any atom is -0.477 e. The van der Waals surface area contributed by atoms with Crippen molar-refractivity contribution in [3.05, 3.63) is 23.4 Å². The van der Waals surface area contributed by atoms with Gasteiger partial charge >= 0.3 is 12.1 Å². The van der Waals surface area contributed by atoms with Gasteiger partial charge < -0.3 is 9.84 Å². The van der Waals surface area contributed by atoms with Crippen LogP contribution in [0.25, 0.3) is 0 Å². The lowest BCUT2D eigenvalue weighted by Gasteiger charge is -2.11. The molecule has 88 valence electrons. The summed E-state index contributed by atoms with van der Waals surface area (Å²) in [5, 5.41) is 8.77. The maximum atomic E-state index is 11.9. The highest BCUT2D eigenvalue weighted by molar-refractivity contribution is 5.91. The fourth-order valence-corrected chi connectivity index (χ4v) is 1.05. The maximum Gasteiger partial charge on any atom is 0.422 e. The normalized spacial score (nSPS) is 11.2. The van der Waals surface area contributed by atoms with Gasteiger partial charge in [-0.2, -0.15) is 13.2 Å². The van der Waals surface area contributed by atoms with Gasteiger partial charge in [-0.05, 0) is 18.6 Å². The second-order valence-electron chi connectivity index (χ2n) is 3.02. The van der Waals surface area contributed by atoms with Crippen LogP contribution >= 0.6 is 0 Å². The van der Waals surface area contributed by atoms with E-state index >= 15 is 0 Å². The lowest BCUT2D eigenvalue weighted by Crippen LogP contribution is -2.21. The summed E-state index contributed by atoms with van der Waals surface area (Å²) in [6.45, 7) is -0.116. The van der Waals surface area contributed by atoms with E-state index < -0.39 is 24.6 Å². The number of carboxylic acid groups (broad SMARTS) is 1. The Balaban J connectivity index is 2.96. The van der Waals surface area contributed by atoms with E-state index in [0.29, 0.717) is 5.56 Å². The molecule has 0 atom stereocenters. The molecular weight excluding hydrogens is 227 g/mol. The van der Waals surface area contributed by atoms with Crippen LogP contribution in [-0.2, 0) is 0 Å². The highest BCUT2D eigenvalue weighted by atomic mass is 19.4. The molecule has 16 heavy (non-hydrogen) atoms. The van der Waals surface area contributed by atoms with E-state index in [1.165, 1.54) is 19.2 Å². The number of halogens is 3. The molecule has 0 unspecified atom stereocenters. The van der Waals surface area contributed by atoms with E-state index in [-0.39, 0.29) is 5.56 Å². The molecule has 4 nitrogen and oxygen atoms in total. The van der Waals surface area contributed by atoms with Gasteiger partial charge in [-0.3, -0.25) is 0 Å².